The van der Waals surface area contributed by atoms with Gasteiger partial charge in [0.05, 0.1) is 6.61 Å². The smallest absolute Gasteiger partial charge is 0.324 e. The van der Waals surface area contributed by atoms with Crippen molar-refractivity contribution in [3.05, 3.63) is 30.3 Å². The number of likely N-dealkylation sites (N-methyl/N-ethyl adjacent to an activating group) is 1. The van der Waals surface area contributed by atoms with Gasteiger partial charge < -0.3 is 15.0 Å². The van der Waals surface area contributed by atoms with Crippen molar-refractivity contribution in [3.63, 3.8) is 0 Å². The highest BCUT2D eigenvalue weighted by Crippen LogP contribution is 2.08. The number of imide groups is 1. The molecule has 3 amide bonds. The van der Waals surface area contributed by atoms with Crippen LogP contribution >= 0.6 is 0 Å². The van der Waals surface area contributed by atoms with E-state index in [-0.39, 0.29) is 11.9 Å². The van der Waals surface area contributed by atoms with Gasteiger partial charge in [-0.2, -0.15) is 0 Å². The normalized spacial score (nSPS) is 18.0. The average molecular weight is 305 g/mol. The van der Waals surface area contributed by atoms with Gasteiger partial charge in [0.2, 0.25) is 0 Å². The first-order valence-electron chi connectivity index (χ1n) is 7.56. The molecular weight excluding hydrogens is 282 g/mol. The average Bonchev–Trinajstić information content (AvgIpc) is 2.76. The summed E-state index contributed by atoms with van der Waals surface area (Å²) in [4.78, 5) is 26.7. The third-order valence-corrected chi connectivity index (χ3v) is 3.62. The first kappa shape index (κ1) is 16.3. The second kappa shape index (κ2) is 7.79. The van der Waals surface area contributed by atoms with Crippen molar-refractivity contribution in [1.29, 1.82) is 0 Å². The van der Waals surface area contributed by atoms with Crippen LogP contribution in [0.1, 0.15) is 13.3 Å². The zero-order valence-electron chi connectivity index (χ0n) is 13.1. The molecule has 1 N–H and O–H groups in total. The number of nitrogens with one attached hydrogen (secondary N) is 1. The first-order valence-corrected chi connectivity index (χ1v) is 7.56. The van der Waals surface area contributed by atoms with Crippen molar-refractivity contribution in [3.8, 4) is 5.75 Å². The molecule has 1 aliphatic heterocycles. The van der Waals surface area contributed by atoms with Gasteiger partial charge >= 0.3 is 6.03 Å². The molecule has 1 aliphatic rings. The van der Waals surface area contributed by atoms with E-state index in [9.17, 15) is 9.59 Å². The summed E-state index contributed by atoms with van der Waals surface area (Å²) in [5.41, 5.74) is 0. The monoisotopic (exact) mass is 305 g/mol. The summed E-state index contributed by atoms with van der Waals surface area (Å²) in [6.45, 7) is 4.29. The van der Waals surface area contributed by atoms with Crippen LogP contribution in [0.3, 0.4) is 0 Å². The molecule has 0 saturated carbocycles. The summed E-state index contributed by atoms with van der Waals surface area (Å²) >= 11 is 0. The van der Waals surface area contributed by atoms with Gasteiger partial charge in [0.15, 0.2) is 0 Å². The number of benzene rings is 1. The van der Waals surface area contributed by atoms with Gasteiger partial charge in [-0.05, 0) is 32.5 Å². The maximum absolute atomic E-state index is 11.7. The van der Waals surface area contributed by atoms with Crippen LogP contribution in [0.15, 0.2) is 30.3 Å². The Hall–Kier alpha value is -2.08. The maximum atomic E-state index is 11.7. The van der Waals surface area contributed by atoms with Gasteiger partial charge in [-0.15, -0.1) is 0 Å². The van der Waals surface area contributed by atoms with Crippen molar-refractivity contribution < 1.29 is 14.3 Å². The molecule has 22 heavy (non-hydrogen) atoms. The standard InChI is InChI=1S/C16H23N3O3/c1-13-15(20)19(16(21)17-13)11-10-18(2)9-6-12-22-14-7-4-3-5-8-14/h3-5,7-8,13H,6,9-12H2,1-2H3,(H,17,21)/t13-/m1/s1. The Morgan fingerprint density at radius 3 is 2.59 bits per heavy atom. The topological polar surface area (TPSA) is 61.9 Å². The zero-order chi connectivity index (χ0) is 15.9. The Morgan fingerprint density at radius 2 is 1.95 bits per heavy atom. The third kappa shape index (κ3) is 4.46. The second-order valence-corrected chi connectivity index (χ2v) is 5.48. The number of amides is 3. The van der Waals surface area contributed by atoms with Crippen LogP contribution in [0.5, 0.6) is 5.75 Å². The molecule has 1 heterocycles. The van der Waals surface area contributed by atoms with E-state index in [0.29, 0.717) is 19.7 Å². The Balaban J connectivity index is 1.61. The minimum absolute atomic E-state index is 0.147. The van der Waals surface area contributed by atoms with E-state index in [1.54, 1.807) is 6.92 Å². The molecule has 1 fully saturated rings. The Morgan fingerprint density at radius 1 is 1.23 bits per heavy atom. The van der Waals surface area contributed by atoms with E-state index < -0.39 is 6.04 Å². The Kier molecular flexibility index (Phi) is 5.77. The molecule has 1 atom stereocenters. The van der Waals surface area contributed by atoms with Crippen LogP contribution in [0, 0.1) is 0 Å². The van der Waals surface area contributed by atoms with Crippen LogP contribution < -0.4 is 10.1 Å². The molecule has 0 aliphatic carbocycles. The molecule has 120 valence electrons. The SMILES string of the molecule is C[C@H]1NC(=O)N(CCN(C)CCCOc2ccccc2)C1=O. The Labute approximate surface area is 131 Å². The number of nitrogens with zero attached hydrogens (tertiary/aromatic N) is 2. The number of carbonyl (C=O) groups is 2. The van der Waals surface area contributed by atoms with Gasteiger partial charge in [-0.3, -0.25) is 9.69 Å². The number of para-hydroxylation sites is 1. The number of urea groups is 1. The number of rotatable bonds is 8. The molecule has 1 aromatic rings. The fraction of sp³-hybridized carbons (Fsp3) is 0.500. The highest BCUT2D eigenvalue weighted by atomic mass is 16.5. The molecule has 6 nitrogen and oxygen atoms in total. The van der Waals surface area contributed by atoms with E-state index in [1.807, 2.05) is 37.4 Å². The fourth-order valence-corrected chi connectivity index (χ4v) is 2.29. The van der Waals surface area contributed by atoms with E-state index >= 15 is 0 Å². The molecule has 2 rings (SSSR count). The Bertz CT molecular complexity index is 507. The predicted octanol–water partition coefficient (Wildman–Crippen LogP) is 1.33. The van der Waals surface area contributed by atoms with E-state index in [2.05, 4.69) is 10.2 Å². The molecule has 6 heteroatoms. The lowest BCUT2D eigenvalue weighted by Gasteiger charge is -2.20. The van der Waals surface area contributed by atoms with Crippen LogP contribution in [0.25, 0.3) is 0 Å². The fourth-order valence-electron chi connectivity index (χ4n) is 2.29. The lowest BCUT2D eigenvalue weighted by atomic mass is 10.3. The van der Waals surface area contributed by atoms with Crippen LogP contribution in [-0.2, 0) is 4.79 Å². The van der Waals surface area contributed by atoms with Crippen molar-refractivity contribution in [2.45, 2.75) is 19.4 Å². The number of hydrogen-bond donors (Lipinski definition) is 1. The zero-order valence-corrected chi connectivity index (χ0v) is 13.1. The van der Waals surface area contributed by atoms with Gasteiger partial charge in [0.1, 0.15) is 11.8 Å². The molecular formula is C16H23N3O3. The molecule has 0 bridgehead atoms. The quantitative estimate of drug-likeness (QED) is 0.581. The maximum Gasteiger partial charge on any atom is 0.324 e. The lowest BCUT2D eigenvalue weighted by molar-refractivity contribution is -0.127. The van der Waals surface area contributed by atoms with Gasteiger partial charge in [-0.1, -0.05) is 18.2 Å². The third-order valence-electron chi connectivity index (χ3n) is 3.62. The summed E-state index contributed by atoms with van der Waals surface area (Å²) in [6.07, 6.45) is 0.891. The largest absolute Gasteiger partial charge is 0.494 e. The van der Waals surface area contributed by atoms with Crippen LogP contribution in [-0.4, -0.2) is 61.1 Å². The minimum atomic E-state index is -0.405. The highest BCUT2D eigenvalue weighted by Gasteiger charge is 2.34. The summed E-state index contributed by atoms with van der Waals surface area (Å²) in [6, 6.07) is 9.01. The molecule has 1 saturated heterocycles. The van der Waals surface area contributed by atoms with Crippen molar-refractivity contribution in [1.82, 2.24) is 15.1 Å². The summed E-state index contributed by atoms with van der Waals surface area (Å²) in [5, 5.41) is 2.61. The highest BCUT2D eigenvalue weighted by molar-refractivity contribution is 6.03. The van der Waals surface area contributed by atoms with Gasteiger partial charge in [0.25, 0.3) is 5.91 Å². The lowest BCUT2D eigenvalue weighted by Crippen LogP contribution is -2.38. The predicted molar refractivity (Wildman–Crippen MR) is 83.8 cm³/mol. The number of hydrogen-bond acceptors (Lipinski definition) is 4. The van der Waals surface area contributed by atoms with Gasteiger partial charge in [-0.25, -0.2) is 4.79 Å². The number of ether oxygens (including phenoxy) is 1. The summed E-state index contributed by atoms with van der Waals surface area (Å²) in [5.74, 6) is 0.726. The summed E-state index contributed by atoms with van der Waals surface area (Å²) in [7, 11) is 1.98. The molecule has 1 aromatic carbocycles. The van der Waals surface area contributed by atoms with Crippen LogP contribution in [0.4, 0.5) is 4.79 Å². The number of carbonyl (C=O) groups excluding carboxylic acids is 2. The van der Waals surface area contributed by atoms with Gasteiger partial charge in [0, 0.05) is 19.6 Å². The molecule has 0 aromatic heterocycles. The van der Waals surface area contributed by atoms with Crippen molar-refractivity contribution in [2.75, 3.05) is 33.3 Å². The molecule has 0 radical (unpaired) electrons. The first-order chi connectivity index (χ1) is 10.6. The summed E-state index contributed by atoms with van der Waals surface area (Å²) < 4.78 is 5.63. The second-order valence-electron chi connectivity index (χ2n) is 5.48. The molecule has 0 unspecified atom stereocenters. The van der Waals surface area contributed by atoms with E-state index in [1.165, 1.54) is 4.90 Å². The van der Waals surface area contributed by atoms with E-state index in [0.717, 1.165) is 18.7 Å². The minimum Gasteiger partial charge on any atom is -0.494 e. The van der Waals surface area contributed by atoms with Crippen molar-refractivity contribution >= 4 is 11.9 Å². The van der Waals surface area contributed by atoms with Crippen LogP contribution in [0.2, 0.25) is 0 Å². The van der Waals surface area contributed by atoms with Crippen molar-refractivity contribution in [2.24, 2.45) is 0 Å². The molecule has 0 spiro atoms. The van der Waals surface area contributed by atoms with E-state index in [4.69, 9.17) is 4.74 Å².